The number of nitrogen functional groups attached to an aromatic ring is 2. The summed E-state index contributed by atoms with van der Waals surface area (Å²) in [5, 5.41) is 1.11. The lowest BCUT2D eigenvalue weighted by atomic mass is 10.00. The van der Waals surface area contributed by atoms with E-state index in [-0.39, 0.29) is 28.5 Å². The van der Waals surface area contributed by atoms with E-state index in [9.17, 15) is 9.59 Å². The average Bonchev–Trinajstić information content (AvgIpc) is 3.64. The Labute approximate surface area is 296 Å². The van der Waals surface area contributed by atoms with Crippen molar-refractivity contribution in [2.24, 2.45) is 21.5 Å². The Balaban J connectivity index is 0.000000202. The van der Waals surface area contributed by atoms with Crippen molar-refractivity contribution in [2.45, 2.75) is 39.7 Å². The number of esters is 1. The molecule has 2 aliphatic heterocycles. The van der Waals surface area contributed by atoms with Crippen LogP contribution in [0.1, 0.15) is 59.9 Å². The molecule has 0 unspecified atom stereocenters. The number of benzene rings is 2. The van der Waals surface area contributed by atoms with Gasteiger partial charge < -0.3 is 42.2 Å². The molecule has 0 radical (unpaired) electrons. The van der Waals surface area contributed by atoms with Gasteiger partial charge in [0.25, 0.3) is 0 Å². The number of aryl methyl sites for hydroxylation is 1. The third-order valence-electron chi connectivity index (χ3n) is 7.02. The van der Waals surface area contributed by atoms with Crippen molar-refractivity contribution in [3.63, 3.8) is 0 Å². The minimum Gasteiger partial charge on any atom is -0.492 e. The number of thioether (sulfide) groups is 1. The summed E-state index contributed by atoms with van der Waals surface area (Å²) in [5.74, 6) is 1.19. The molecule has 0 saturated carbocycles. The number of nitrogens with two attached hydrogens (primary N) is 4. The number of likely N-dealkylation sites (N-methyl/N-ethyl adjacent to an activating group) is 1. The maximum absolute atomic E-state index is 11.3. The highest BCUT2D eigenvalue weighted by atomic mass is 35.5. The number of guanidine groups is 1. The van der Waals surface area contributed by atoms with Gasteiger partial charge >= 0.3 is 11.9 Å². The second-order valence-corrected chi connectivity index (χ2v) is 13.1. The summed E-state index contributed by atoms with van der Waals surface area (Å²) < 4.78 is 11.1. The maximum Gasteiger partial charge on any atom is 0.308 e. The van der Waals surface area contributed by atoms with Gasteiger partial charge in [0.1, 0.15) is 18.1 Å². The van der Waals surface area contributed by atoms with Crippen molar-refractivity contribution in [2.75, 3.05) is 57.6 Å². The van der Waals surface area contributed by atoms with E-state index in [4.69, 9.17) is 49.0 Å². The van der Waals surface area contributed by atoms with Crippen LogP contribution in [0.5, 0.6) is 11.5 Å². The highest BCUT2D eigenvalue weighted by molar-refractivity contribution is 8.14. The molecule has 14 nitrogen and oxygen atoms in total. The Hall–Kier alpha value is -4.60. The van der Waals surface area contributed by atoms with Gasteiger partial charge in [-0.2, -0.15) is 4.99 Å². The summed E-state index contributed by atoms with van der Waals surface area (Å²) in [6, 6.07) is 14.8. The molecule has 16 heteroatoms. The molecule has 2 aromatic carbocycles. The Morgan fingerprint density at radius 1 is 1.10 bits per heavy atom. The molecule has 1 aromatic heterocycles. The normalized spacial score (nSPS) is 14.6. The molecule has 0 bridgehead atoms. The van der Waals surface area contributed by atoms with Crippen LogP contribution in [0, 0.1) is 6.92 Å². The Kier molecular flexibility index (Phi) is 14.5. The number of nitrogens with zero attached hydrogens (tertiary/aromatic N) is 6. The lowest BCUT2D eigenvalue weighted by molar-refractivity contribution is -0.131. The first-order valence-electron chi connectivity index (χ1n) is 15.5. The zero-order valence-corrected chi connectivity index (χ0v) is 30.2. The largest absolute Gasteiger partial charge is 0.492 e. The van der Waals surface area contributed by atoms with Crippen molar-refractivity contribution < 1.29 is 19.1 Å². The van der Waals surface area contributed by atoms with E-state index in [0.717, 1.165) is 30.0 Å². The Morgan fingerprint density at radius 2 is 1.80 bits per heavy atom. The van der Waals surface area contributed by atoms with Crippen molar-refractivity contribution in [1.29, 1.82) is 0 Å². The van der Waals surface area contributed by atoms with Gasteiger partial charge in [-0.05, 0) is 50.2 Å². The van der Waals surface area contributed by atoms with Gasteiger partial charge in [0.05, 0.1) is 6.04 Å². The van der Waals surface area contributed by atoms with Crippen LogP contribution in [0.4, 0.5) is 11.6 Å². The number of fused-ring (bicyclic) bond motifs is 1. The monoisotopic (exact) mass is 712 g/mol. The number of carbonyl (C=O) groups is 2. The number of aromatic nitrogens is 2. The highest BCUT2D eigenvalue weighted by Gasteiger charge is 2.29. The SMILES string of the molecule is CC(=O)Oc1cc(C(C)C)c(OCCN(C)C)cc1C.NC(N)=NC(=O)c1nc(Cl)c(N)nc1N.c1ccc([C@@H]2CN3CCSC3=N2)cc1. The number of anilines is 2. The fourth-order valence-corrected chi connectivity index (χ4v) is 5.76. The summed E-state index contributed by atoms with van der Waals surface area (Å²) in [5.41, 5.74) is 23.8. The van der Waals surface area contributed by atoms with Gasteiger partial charge in [-0.3, -0.25) is 14.6 Å². The predicted molar refractivity (Wildman–Crippen MR) is 197 cm³/mol. The quantitative estimate of drug-likeness (QED) is 0.113. The molecule has 1 amide bonds. The van der Waals surface area contributed by atoms with Crippen LogP contribution < -0.4 is 32.4 Å². The molecular weight excluding hydrogens is 668 g/mol. The minimum atomic E-state index is -0.832. The van der Waals surface area contributed by atoms with Gasteiger partial charge in [-0.1, -0.05) is 67.5 Å². The number of halogens is 1. The number of hydrogen-bond donors (Lipinski definition) is 4. The summed E-state index contributed by atoms with van der Waals surface area (Å²) in [6.45, 7) is 11.3. The van der Waals surface area contributed by atoms with E-state index < -0.39 is 11.9 Å². The number of aliphatic imine (C=N–C) groups is 2. The first-order chi connectivity index (χ1) is 23.2. The fourth-order valence-electron chi connectivity index (χ4n) is 4.59. The van der Waals surface area contributed by atoms with Crippen LogP contribution in [0.3, 0.4) is 0 Å². The first kappa shape index (κ1) is 38.8. The van der Waals surface area contributed by atoms with E-state index in [1.165, 1.54) is 30.0 Å². The topological polar surface area (TPSA) is 214 Å². The zero-order valence-electron chi connectivity index (χ0n) is 28.6. The number of carbonyl (C=O) groups excluding carboxylic acids is 2. The molecule has 1 fully saturated rings. The van der Waals surface area contributed by atoms with Crippen LogP contribution in [-0.2, 0) is 4.79 Å². The molecule has 49 heavy (non-hydrogen) atoms. The molecule has 8 N–H and O–H groups in total. The highest BCUT2D eigenvalue weighted by Crippen LogP contribution is 2.34. The fraction of sp³-hybridized carbons (Fsp3) is 0.394. The first-order valence-corrected chi connectivity index (χ1v) is 16.9. The molecule has 3 aromatic rings. The molecule has 1 atom stereocenters. The average molecular weight is 713 g/mol. The molecule has 264 valence electrons. The van der Waals surface area contributed by atoms with Gasteiger partial charge in [0.2, 0.25) is 0 Å². The minimum absolute atomic E-state index is 0.0737. The molecule has 0 aliphatic carbocycles. The number of hydrogen-bond acceptors (Lipinski definition) is 12. The Bertz CT molecular complexity index is 1670. The lowest BCUT2D eigenvalue weighted by Crippen LogP contribution is -2.24. The predicted octanol–water partition coefficient (Wildman–Crippen LogP) is 3.84. The summed E-state index contributed by atoms with van der Waals surface area (Å²) in [7, 11) is 4.03. The summed E-state index contributed by atoms with van der Waals surface area (Å²) >= 11 is 7.44. The lowest BCUT2D eigenvalue weighted by Gasteiger charge is -2.18. The van der Waals surface area contributed by atoms with Crippen LogP contribution in [0.2, 0.25) is 5.15 Å². The third kappa shape index (κ3) is 11.8. The van der Waals surface area contributed by atoms with E-state index in [1.807, 2.05) is 44.9 Å². The molecular formula is C33H45ClN10O4S. The third-order valence-corrected chi connectivity index (χ3v) is 8.31. The van der Waals surface area contributed by atoms with Crippen LogP contribution >= 0.6 is 23.4 Å². The van der Waals surface area contributed by atoms with Gasteiger partial charge in [-0.25, -0.2) is 9.97 Å². The van der Waals surface area contributed by atoms with Gasteiger partial charge in [0.15, 0.2) is 33.6 Å². The number of amidine groups is 1. The van der Waals surface area contributed by atoms with E-state index >= 15 is 0 Å². The molecule has 3 heterocycles. The molecule has 1 saturated heterocycles. The van der Waals surface area contributed by atoms with E-state index in [2.05, 4.69) is 68.9 Å². The standard InChI is InChI=1S/C16H25NO3.C11H12N2S.C6H8ClN7O/c1-11(2)14-10-15(20-13(4)18)12(3)9-16(14)19-8-7-17(5)6;1-2-4-9(5-3-1)10-8-13-6-7-14-11(13)12-10;7-2-4(9)13-3(8)1(12-2)5(15)14-6(10)11/h9-11H,7-8H2,1-6H3;1-5,10H,6-8H2;(H4,8,9,13)(H4,10,11,14,15)/t;10-;/m.0./s1. The van der Waals surface area contributed by atoms with E-state index in [0.29, 0.717) is 24.3 Å². The second kappa shape index (κ2) is 18.2. The smallest absolute Gasteiger partial charge is 0.308 e. The summed E-state index contributed by atoms with van der Waals surface area (Å²) in [4.78, 5) is 42.1. The van der Waals surface area contributed by atoms with Crippen molar-refractivity contribution in [3.05, 3.63) is 70.0 Å². The van der Waals surface area contributed by atoms with Crippen molar-refractivity contribution in [3.8, 4) is 11.5 Å². The maximum atomic E-state index is 11.3. The summed E-state index contributed by atoms with van der Waals surface area (Å²) in [6.07, 6.45) is 0. The van der Waals surface area contributed by atoms with Crippen molar-refractivity contribution >= 4 is 58.0 Å². The van der Waals surface area contributed by atoms with Crippen LogP contribution in [-0.4, -0.2) is 88.9 Å². The van der Waals surface area contributed by atoms with Crippen LogP contribution in [0.25, 0.3) is 0 Å². The van der Waals surface area contributed by atoms with Crippen molar-refractivity contribution in [1.82, 2.24) is 19.8 Å². The molecule has 2 aliphatic rings. The molecule has 5 rings (SSSR count). The number of ether oxygens (including phenoxy) is 2. The molecule has 0 spiro atoms. The Morgan fingerprint density at radius 3 is 2.39 bits per heavy atom. The van der Waals surface area contributed by atoms with Gasteiger partial charge in [-0.15, -0.1) is 0 Å². The number of rotatable bonds is 8. The van der Waals surface area contributed by atoms with Crippen LogP contribution in [0.15, 0.2) is 52.4 Å². The zero-order chi connectivity index (χ0) is 36.2. The number of amides is 1. The van der Waals surface area contributed by atoms with Gasteiger partial charge in [0, 0.05) is 37.9 Å². The van der Waals surface area contributed by atoms with E-state index in [1.54, 1.807) is 0 Å². The second-order valence-electron chi connectivity index (χ2n) is 11.7.